The molecule has 1 heterocycles. The molecule has 9 heteroatoms. The summed E-state index contributed by atoms with van der Waals surface area (Å²) >= 11 is 1.33. The first-order chi connectivity index (χ1) is 10.6. The van der Waals surface area contributed by atoms with Crippen LogP contribution >= 0.6 is 11.8 Å². The molecule has 116 valence electrons. The highest BCUT2D eigenvalue weighted by atomic mass is 32.2. The van der Waals surface area contributed by atoms with Crippen LogP contribution in [0.3, 0.4) is 0 Å². The third-order valence-corrected chi connectivity index (χ3v) is 3.50. The van der Waals surface area contributed by atoms with Crippen molar-refractivity contribution in [3.8, 4) is 0 Å². The van der Waals surface area contributed by atoms with E-state index in [2.05, 4.69) is 20.3 Å². The van der Waals surface area contributed by atoms with E-state index in [1.54, 1.807) is 24.3 Å². The lowest BCUT2D eigenvalue weighted by molar-refractivity contribution is -0.116. The van der Waals surface area contributed by atoms with E-state index < -0.39 is 5.97 Å². The van der Waals surface area contributed by atoms with Crippen LogP contribution in [-0.2, 0) is 16.1 Å². The molecule has 0 bridgehead atoms. The molecule has 0 aliphatic carbocycles. The number of hydrogen-bond acceptors (Lipinski definition) is 7. The van der Waals surface area contributed by atoms with E-state index in [1.165, 1.54) is 23.4 Å². The van der Waals surface area contributed by atoms with Gasteiger partial charge in [-0.3, -0.25) is 9.36 Å². The van der Waals surface area contributed by atoms with Crippen molar-refractivity contribution in [2.24, 2.45) is 0 Å². The Morgan fingerprint density at radius 1 is 1.36 bits per heavy atom. The topological polar surface area (TPSA) is 112 Å². The number of carbonyl (C=O) groups excluding carboxylic acids is 2. The maximum atomic E-state index is 12.2. The summed E-state index contributed by atoms with van der Waals surface area (Å²) in [7, 11) is 1.28. The molecule has 0 unspecified atom stereocenters. The number of benzene rings is 1. The SMILES string of the molecule is COC(=O)c1ccccc1NC(=O)Cn1c(N)nnc1SC. The Bertz CT molecular complexity index is 701. The van der Waals surface area contributed by atoms with Gasteiger partial charge < -0.3 is 15.8 Å². The van der Waals surface area contributed by atoms with Crippen molar-refractivity contribution in [1.82, 2.24) is 14.8 Å². The van der Waals surface area contributed by atoms with E-state index in [9.17, 15) is 9.59 Å². The number of ether oxygens (including phenoxy) is 1. The molecule has 0 aliphatic heterocycles. The number of hydrogen-bond donors (Lipinski definition) is 2. The van der Waals surface area contributed by atoms with Gasteiger partial charge in [0.05, 0.1) is 18.4 Å². The molecule has 1 amide bonds. The minimum Gasteiger partial charge on any atom is -0.465 e. The Morgan fingerprint density at radius 3 is 2.77 bits per heavy atom. The number of amides is 1. The summed E-state index contributed by atoms with van der Waals surface area (Å²) in [6.07, 6.45) is 1.81. The van der Waals surface area contributed by atoms with Gasteiger partial charge in [-0.1, -0.05) is 23.9 Å². The first kappa shape index (κ1) is 15.8. The van der Waals surface area contributed by atoms with E-state index in [1.807, 2.05) is 6.26 Å². The van der Waals surface area contributed by atoms with Crippen LogP contribution in [0, 0.1) is 0 Å². The molecule has 0 radical (unpaired) electrons. The summed E-state index contributed by atoms with van der Waals surface area (Å²) in [5.74, 6) is -0.719. The first-order valence-corrected chi connectivity index (χ1v) is 7.49. The second-order valence-corrected chi connectivity index (χ2v) is 4.99. The number of carbonyl (C=O) groups is 2. The maximum absolute atomic E-state index is 12.2. The molecule has 0 atom stereocenters. The van der Waals surface area contributed by atoms with Crippen molar-refractivity contribution in [3.63, 3.8) is 0 Å². The molecule has 2 aromatic rings. The van der Waals surface area contributed by atoms with Crippen molar-refractivity contribution < 1.29 is 14.3 Å². The van der Waals surface area contributed by atoms with Gasteiger partial charge in [0.15, 0.2) is 5.16 Å². The molecular weight excluding hydrogens is 306 g/mol. The monoisotopic (exact) mass is 321 g/mol. The predicted molar refractivity (Wildman–Crippen MR) is 82.6 cm³/mol. The van der Waals surface area contributed by atoms with Crippen LogP contribution < -0.4 is 11.1 Å². The largest absolute Gasteiger partial charge is 0.465 e. The molecule has 0 saturated carbocycles. The number of nitrogens with zero attached hydrogens (tertiary/aromatic N) is 3. The zero-order valence-electron chi connectivity index (χ0n) is 12.1. The normalized spacial score (nSPS) is 10.3. The number of para-hydroxylation sites is 1. The number of nitrogens with one attached hydrogen (secondary N) is 1. The predicted octanol–water partition coefficient (Wildman–Crippen LogP) is 1.01. The standard InChI is InChI=1S/C13H15N5O3S/c1-21-11(20)8-5-3-4-6-9(8)15-10(19)7-18-12(14)16-17-13(18)22-2/h3-6H,7H2,1-2H3,(H2,14,16)(H,15,19). The lowest BCUT2D eigenvalue weighted by Crippen LogP contribution is -2.21. The molecule has 3 N–H and O–H groups in total. The van der Waals surface area contributed by atoms with Crippen LogP contribution in [0.25, 0.3) is 0 Å². The number of nitrogens with two attached hydrogens (primary N) is 1. The highest BCUT2D eigenvalue weighted by Crippen LogP contribution is 2.18. The first-order valence-electron chi connectivity index (χ1n) is 6.26. The lowest BCUT2D eigenvalue weighted by Gasteiger charge is -2.11. The summed E-state index contributed by atoms with van der Waals surface area (Å²) in [5, 5.41) is 10.8. The maximum Gasteiger partial charge on any atom is 0.339 e. The van der Waals surface area contributed by atoms with Crippen LogP contribution in [0.5, 0.6) is 0 Å². The van der Waals surface area contributed by atoms with Crippen molar-refractivity contribution in [3.05, 3.63) is 29.8 Å². The molecule has 0 spiro atoms. The Labute approximate surface area is 131 Å². The van der Waals surface area contributed by atoms with E-state index in [0.717, 1.165) is 0 Å². The van der Waals surface area contributed by atoms with E-state index >= 15 is 0 Å². The highest BCUT2D eigenvalue weighted by Gasteiger charge is 2.16. The fraction of sp³-hybridized carbons (Fsp3) is 0.231. The lowest BCUT2D eigenvalue weighted by atomic mass is 10.2. The molecule has 1 aromatic heterocycles. The zero-order chi connectivity index (χ0) is 16.1. The Kier molecular flexibility index (Phi) is 4.99. The van der Waals surface area contributed by atoms with Crippen molar-refractivity contribution >= 4 is 35.3 Å². The number of esters is 1. The molecule has 22 heavy (non-hydrogen) atoms. The van der Waals surface area contributed by atoms with Gasteiger partial charge in [0.1, 0.15) is 6.54 Å². The van der Waals surface area contributed by atoms with Crippen LogP contribution in [0.4, 0.5) is 11.6 Å². The van der Waals surface area contributed by atoms with Crippen LogP contribution in [0.15, 0.2) is 29.4 Å². The van der Waals surface area contributed by atoms with E-state index in [4.69, 9.17) is 5.73 Å². The van der Waals surface area contributed by atoms with Gasteiger partial charge in [0.25, 0.3) is 0 Å². The third kappa shape index (κ3) is 3.37. The van der Waals surface area contributed by atoms with Crippen molar-refractivity contribution in [1.29, 1.82) is 0 Å². The second kappa shape index (κ2) is 6.94. The van der Waals surface area contributed by atoms with Gasteiger partial charge in [-0.05, 0) is 18.4 Å². The molecule has 0 aliphatic rings. The molecular formula is C13H15N5O3S. The quantitative estimate of drug-likeness (QED) is 0.624. The van der Waals surface area contributed by atoms with Crippen molar-refractivity contribution in [2.75, 3.05) is 24.4 Å². The molecule has 2 rings (SSSR count). The molecule has 8 nitrogen and oxygen atoms in total. The summed E-state index contributed by atoms with van der Waals surface area (Å²) in [6, 6.07) is 6.59. The average molecular weight is 321 g/mol. The Hall–Kier alpha value is -2.55. The molecule has 1 aromatic carbocycles. The smallest absolute Gasteiger partial charge is 0.339 e. The second-order valence-electron chi connectivity index (χ2n) is 4.22. The Morgan fingerprint density at radius 2 is 2.09 bits per heavy atom. The Balaban J connectivity index is 2.16. The van der Waals surface area contributed by atoms with E-state index in [-0.39, 0.29) is 24.0 Å². The fourth-order valence-corrected chi connectivity index (χ4v) is 2.31. The van der Waals surface area contributed by atoms with Gasteiger partial charge in [0, 0.05) is 0 Å². The summed E-state index contributed by atoms with van der Waals surface area (Å²) in [5.41, 5.74) is 6.33. The number of methoxy groups -OCH3 is 1. The number of anilines is 2. The minimum absolute atomic E-state index is 0.0511. The van der Waals surface area contributed by atoms with Gasteiger partial charge in [0.2, 0.25) is 11.9 Å². The van der Waals surface area contributed by atoms with Crippen molar-refractivity contribution in [2.45, 2.75) is 11.7 Å². The third-order valence-electron chi connectivity index (χ3n) is 2.84. The molecule has 0 saturated heterocycles. The van der Waals surface area contributed by atoms with Crippen LogP contribution in [0.1, 0.15) is 10.4 Å². The fourth-order valence-electron chi connectivity index (χ4n) is 1.81. The number of nitrogen functional groups attached to an aromatic ring is 1. The van der Waals surface area contributed by atoms with Gasteiger partial charge in [-0.25, -0.2) is 4.79 Å². The van der Waals surface area contributed by atoms with Gasteiger partial charge in [-0.15, -0.1) is 10.2 Å². The van der Waals surface area contributed by atoms with Crippen LogP contribution in [-0.4, -0.2) is 40.0 Å². The number of rotatable bonds is 5. The molecule has 0 fully saturated rings. The summed E-state index contributed by atoms with van der Waals surface area (Å²) < 4.78 is 6.17. The van der Waals surface area contributed by atoms with E-state index in [0.29, 0.717) is 10.8 Å². The van der Waals surface area contributed by atoms with Gasteiger partial charge >= 0.3 is 5.97 Å². The highest BCUT2D eigenvalue weighted by molar-refractivity contribution is 7.98. The number of aromatic nitrogens is 3. The van der Waals surface area contributed by atoms with Crippen LogP contribution in [0.2, 0.25) is 0 Å². The minimum atomic E-state index is -0.524. The average Bonchev–Trinajstić information content (AvgIpc) is 2.87. The van der Waals surface area contributed by atoms with Gasteiger partial charge in [-0.2, -0.15) is 0 Å². The summed E-state index contributed by atoms with van der Waals surface area (Å²) in [4.78, 5) is 23.8. The zero-order valence-corrected chi connectivity index (χ0v) is 12.9. The summed E-state index contributed by atoms with van der Waals surface area (Å²) in [6.45, 7) is -0.0511. The number of thioether (sulfide) groups is 1.